The third kappa shape index (κ3) is 3.86. The summed E-state index contributed by atoms with van der Waals surface area (Å²) in [4.78, 5) is 23.1. The Bertz CT molecular complexity index is 491. The number of hydrogen-bond acceptors (Lipinski definition) is 3. The molecule has 0 saturated heterocycles. The Kier molecular flexibility index (Phi) is 5.18. The molecule has 4 N–H and O–H groups in total. The quantitative estimate of drug-likeness (QED) is 0.722. The smallest absolute Gasteiger partial charge is 0.326 e. The molecule has 1 aromatic carbocycles. The second-order valence-corrected chi connectivity index (χ2v) is 4.82. The second-order valence-electron chi connectivity index (χ2n) is 4.41. The van der Waals surface area contributed by atoms with Gasteiger partial charge in [-0.2, -0.15) is 0 Å². The van der Waals surface area contributed by atoms with Gasteiger partial charge in [0.25, 0.3) is 5.91 Å². The molecule has 1 rings (SSSR count). The summed E-state index contributed by atoms with van der Waals surface area (Å²) < 4.78 is 0. The van der Waals surface area contributed by atoms with E-state index in [9.17, 15) is 9.59 Å². The molecule has 0 fully saturated rings. The topological polar surface area (TPSA) is 92.4 Å². The number of carbonyl (C=O) groups is 2. The number of rotatable bonds is 5. The van der Waals surface area contributed by atoms with Gasteiger partial charge in [0.1, 0.15) is 6.04 Å². The van der Waals surface area contributed by atoms with Gasteiger partial charge in [-0.15, -0.1) is 0 Å². The molecule has 0 spiro atoms. The molecule has 0 saturated carbocycles. The lowest BCUT2D eigenvalue weighted by molar-refractivity contribution is -0.140. The minimum absolute atomic E-state index is 0.161. The average molecular weight is 285 g/mol. The monoisotopic (exact) mass is 284 g/mol. The van der Waals surface area contributed by atoms with Crippen molar-refractivity contribution in [1.29, 1.82) is 0 Å². The van der Waals surface area contributed by atoms with Crippen LogP contribution in [0.15, 0.2) is 18.2 Å². The van der Waals surface area contributed by atoms with E-state index < -0.39 is 17.9 Å². The van der Waals surface area contributed by atoms with E-state index in [0.29, 0.717) is 11.4 Å². The number of nitrogens with two attached hydrogens (primary N) is 1. The molecule has 0 heterocycles. The summed E-state index contributed by atoms with van der Waals surface area (Å²) in [6.45, 7) is 3.64. The van der Waals surface area contributed by atoms with Crippen molar-refractivity contribution in [2.75, 3.05) is 5.73 Å². The lowest BCUT2D eigenvalue weighted by Crippen LogP contribution is -2.45. The SMILES string of the molecule is CCC(C)C(NC(=O)c1ccc(Cl)c(N)c1)C(=O)O. The maximum atomic E-state index is 12.0. The number of nitrogens with one attached hydrogen (secondary N) is 1. The molecule has 104 valence electrons. The average Bonchev–Trinajstić information content (AvgIpc) is 2.37. The van der Waals surface area contributed by atoms with Crippen LogP contribution in [0.3, 0.4) is 0 Å². The minimum Gasteiger partial charge on any atom is -0.480 e. The zero-order valence-corrected chi connectivity index (χ0v) is 11.6. The largest absolute Gasteiger partial charge is 0.480 e. The number of carboxylic acids is 1. The van der Waals surface area contributed by atoms with Crippen LogP contribution in [0.5, 0.6) is 0 Å². The molecule has 19 heavy (non-hydrogen) atoms. The van der Waals surface area contributed by atoms with Gasteiger partial charge in [-0.1, -0.05) is 31.9 Å². The lowest BCUT2D eigenvalue weighted by Gasteiger charge is -2.20. The van der Waals surface area contributed by atoms with Crippen molar-refractivity contribution < 1.29 is 14.7 Å². The number of anilines is 1. The van der Waals surface area contributed by atoms with Gasteiger partial charge >= 0.3 is 5.97 Å². The van der Waals surface area contributed by atoms with Gasteiger partial charge in [0.15, 0.2) is 0 Å². The maximum absolute atomic E-state index is 12.0. The molecule has 0 aliphatic rings. The third-order valence-electron chi connectivity index (χ3n) is 3.02. The van der Waals surface area contributed by atoms with Crippen LogP contribution in [0.1, 0.15) is 30.6 Å². The molecule has 6 heteroatoms. The molecular weight excluding hydrogens is 268 g/mol. The van der Waals surface area contributed by atoms with Crippen molar-refractivity contribution in [2.24, 2.45) is 5.92 Å². The highest BCUT2D eigenvalue weighted by Crippen LogP contribution is 2.19. The lowest BCUT2D eigenvalue weighted by atomic mass is 9.99. The van der Waals surface area contributed by atoms with Crippen LogP contribution < -0.4 is 11.1 Å². The maximum Gasteiger partial charge on any atom is 0.326 e. The molecule has 0 radical (unpaired) electrons. The summed E-state index contributed by atoms with van der Waals surface area (Å²) in [5.41, 5.74) is 6.18. The van der Waals surface area contributed by atoms with E-state index in [1.165, 1.54) is 18.2 Å². The van der Waals surface area contributed by atoms with Crippen molar-refractivity contribution in [2.45, 2.75) is 26.3 Å². The number of carbonyl (C=O) groups excluding carboxylic acids is 1. The third-order valence-corrected chi connectivity index (χ3v) is 3.37. The van der Waals surface area contributed by atoms with Gasteiger partial charge < -0.3 is 16.2 Å². The number of aliphatic carboxylic acids is 1. The first-order chi connectivity index (χ1) is 8.86. The van der Waals surface area contributed by atoms with E-state index in [0.717, 1.165) is 0 Å². The van der Waals surface area contributed by atoms with Crippen LogP contribution in [0.4, 0.5) is 5.69 Å². The van der Waals surface area contributed by atoms with E-state index in [1.807, 2.05) is 6.92 Å². The summed E-state index contributed by atoms with van der Waals surface area (Å²) >= 11 is 5.76. The summed E-state index contributed by atoms with van der Waals surface area (Å²) in [5.74, 6) is -1.69. The van der Waals surface area contributed by atoms with Gasteiger partial charge in [-0.05, 0) is 24.1 Å². The van der Waals surface area contributed by atoms with Crippen molar-refractivity contribution in [1.82, 2.24) is 5.32 Å². The molecule has 1 amide bonds. The zero-order valence-electron chi connectivity index (χ0n) is 10.8. The van der Waals surface area contributed by atoms with Crippen LogP contribution in [-0.4, -0.2) is 23.0 Å². The van der Waals surface area contributed by atoms with Gasteiger partial charge in [0.05, 0.1) is 10.7 Å². The molecule has 0 aromatic heterocycles. The van der Waals surface area contributed by atoms with Crippen LogP contribution in [0, 0.1) is 5.92 Å². The fourth-order valence-electron chi connectivity index (χ4n) is 1.59. The highest BCUT2D eigenvalue weighted by molar-refractivity contribution is 6.33. The highest BCUT2D eigenvalue weighted by Gasteiger charge is 2.25. The predicted molar refractivity (Wildman–Crippen MR) is 74.2 cm³/mol. The minimum atomic E-state index is -1.05. The zero-order chi connectivity index (χ0) is 14.6. The van der Waals surface area contributed by atoms with E-state index >= 15 is 0 Å². The standard InChI is InChI=1S/C13H17ClN2O3/c1-3-7(2)11(13(18)19)16-12(17)8-4-5-9(14)10(15)6-8/h4-7,11H,3,15H2,1-2H3,(H,16,17)(H,18,19). The predicted octanol–water partition coefficient (Wildman–Crippen LogP) is 2.15. The summed E-state index contributed by atoms with van der Waals surface area (Å²) in [5, 5.41) is 12.0. The second kappa shape index (κ2) is 6.43. The molecule has 0 aliphatic heterocycles. The van der Waals surface area contributed by atoms with Crippen LogP contribution in [-0.2, 0) is 4.79 Å². The first kappa shape index (κ1) is 15.3. The van der Waals surface area contributed by atoms with Crippen molar-refractivity contribution in [3.63, 3.8) is 0 Å². The number of benzene rings is 1. The normalized spacial score (nSPS) is 13.6. The summed E-state index contributed by atoms with van der Waals surface area (Å²) in [7, 11) is 0. The Labute approximate surface area is 116 Å². The molecule has 2 unspecified atom stereocenters. The fraction of sp³-hybridized carbons (Fsp3) is 0.385. The van der Waals surface area contributed by atoms with Gasteiger partial charge in [-0.25, -0.2) is 4.79 Å². The van der Waals surface area contributed by atoms with Gasteiger partial charge in [-0.3, -0.25) is 4.79 Å². The first-order valence-corrected chi connectivity index (χ1v) is 6.33. The summed E-state index contributed by atoms with van der Waals surface area (Å²) in [6, 6.07) is 3.51. The van der Waals surface area contributed by atoms with E-state index in [2.05, 4.69) is 5.32 Å². The van der Waals surface area contributed by atoms with Gasteiger partial charge in [0.2, 0.25) is 0 Å². The highest BCUT2D eigenvalue weighted by atomic mass is 35.5. The van der Waals surface area contributed by atoms with Crippen LogP contribution in [0.25, 0.3) is 0 Å². The number of carboxylic acid groups (broad SMARTS) is 1. The molecular formula is C13H17ClN2O3. The number of nitrogen functional groups attached to an aromatic ring is 1. The van der Waals surface area contributed by atoms with Crippen LogP contribution >= 0.6 is 11.6 Å². The molecule has 0 aliphatic carbocycles. The number of hydrogen-bond donors (Lipinski definition) is 3. The first-order valence-electron chi connectivity index (χ1n) is 5.95. The van der Waals surface area contributed by atoms with E-state index in [-0.39, 0.29) is 17.2 Å². The number of halogens is 1. The molecule has 5 nitrogen and oxygen atoms in total. The molecule has 2 atom stereocenters. The number of amides is 1. The van der Waals surface area contributed by atoms with E-state index in [1.54, 1.807) is 6.92 Å². The molecule has 0 bridgehead atoms. The van der Waals surface area contributed by atoms with Crippen molar-refractivity contribution in [3.05, 3.63) is 28.8 Å². The fourth-order valence-corrected chi connectivity index (χ4v) is 1.71. The van der Waals surface area contributed by atoms with Crippen molar-refractivity contribution in [3.8, 4) is 0 Å². The Morgan fingerprint density at radius 3 is 2.58 bits per heavy atom. The van der Waals surface area contributed by atoms with E-state index in [4.69, 9.17) is 22.4 Å². The Morgan fingerprint density at radius 1 is 1.47 bits per heavy atom. The van der Waals surface area contributed by atoms with Gasteiger partial charge in [0, 0.05) is 5.56 Å². The molecule has 1 aromatic rings. The Morgan fingerprint density at radius 2 is 2.11 bits per heavy atom. The summed E-state index contributed by atoms with van der Waals surface area (Å²) in [6.07, 6.45) is 0.653. The Balaban J connectivity index is 2.87. The van der Waals surface area contributed by atoms with Crippen LogP contribution in [0.2, 0.25) is 5.02 Å². The Hall–Kier alpha value is -1.75. The van der Waals surface area contributed by atoms with Crippen molar-refractivity contribution >= 4 is 29.2 Å².